The largest absolute Gasteiger partial charge is 0.416 e. The van der Waals surface area contributed by atoms with Crippen LogP contribution < -0.4 is 5.32 Å². The Labute approximate surface area is 131 Å². The van der Waals surface area contributed by atoms with Gasteiger partial charge in [-0.05, 0) is 24.1 Å². The smallest absolute Gasteiger partial charge is 0.387 e. The Hall–Kier alpha value is -1.93. The average Bonchev–Trinajstić information content (AvgIpc) is 2.99. The maximum Gasteiger partial charge on any atom is 0.416 e. The molecule has 0 unspecified atom stereocenters. The summed E-state index contributed by atoms with van der Waals surface area (Å²) in [5.41, 5.74) is -0.254. The average molecular weight is 326 g/mol. The lowest BCUT2D eigenvalue weighted by atomic mass is 10.0. The van der Waals surface area contributed by atoms with Gasteiger partial charge < -0.3 is 10.4 Å². The van der Waals surface area contributed by atoms with Gasteiger partial charge in [0, 0.05) is 19.0 Å². The first-order chi connectivity index (χ1) is 10.9. The van der Waals surface area contributed by atoms with Crippen LogP contribution in [0.1, 0.15) is 29.5 Å². The number of hydrogen-bond donors (Lipinski definition) is 2. The summed E-state index contributed by atoms with van der Waals surface area (Å²) >= 11 is 0. The molecule has 0 amide bonds. The Kier molecular flexibility index (Phi) is 4.36. The van der Waals surface area contributed by atoms with Gasteiger partial charge in [0.15, 0.2) is 0 Å². The summed E-state index contributed by atoms with van der Waals surface area (Å²) in [7, 11) is 0. The van der Waals surface area contributed by atoms with Crippen molar-refractivity contribution in [2.45, 2.75) is 37.7 Å². The number of rotatable bonds is 4. The summed E-state index contributed by atoms with van der Waals surface area (Å²) in [6.07, 6.45) is -1.99. The van der Waals surface area contributed by atoms with Crippen LogP contribution in [0, 0.1) is 0 Å². The lowest BCUT2D eigenvalue weighted by molar-refractivity contribution is -0.137. The maximum atomic E-state index is 12.5. The summed E-state index contributed by atoms with van der Waals surface area (Å²) in [5, 5.41) is 17.5. The third-order valence-corrected chi connectivity index (χ3v) is 4.03. The van der Waals surface area contributed by atoms with Gasteiger partial charge in [0.2, 0.25) is 0 Å². The van der Waals surface area contributed by atoms with E-state index in [0.29, 0.717) is 12.1 Å². The van der Waals surface area contributed by atoms with E-state index in [2.05, 4.69) is 15.4 Å². The number of hydrogen-bond acceptors (Lipinski definition) is 4. The minimum atomic E-state index is -4.36. The van der Waals surface area contributed by atoms with E-state index in [4.69, 9.17) is 0 Å². The van der Waals surface area contributed by atoms with Crippen LogP contribution in [0.2, 0.25) is 0 Å². The molecule has 124 valence electrons. The number of aryl methyl sites for hydroxylation is 1. The van der Waals surface area contributed by atoms with Crippen LogP contribution in [0.3, 0.4) is 0 Å². The minimum Gasteiger partial charge on any atom is -0.387 e. The van der Waals surface area contributed by atoms with Crippen molar-refractivity contribution in [3.8, 4) is 0 Å². The highest BCUT2D eigenvalue weighted by Gasteiger charge is 2.30. The number of alkyl halides is 3. The van der Waals surface area contributed by atoms with Gasteiger partial charge in [-0.1, -0.05) is 12.1 Å². The summed E-state index contributed by atoms with van der Waals surface area (Å²) in [5.74, 6) is 0.950. The highest BCUT2D eigenvalue weighted by atomic mass is 19.4. The van der Waals surface area contributed by atoms with E-state index >= 15 is 0 Å². The fourth-order valence-electron chi connectivity index (χ4n) is 2.69. The summed E-state index contributed by atoms with van der Waals surface area (Å²) < 4.78 is 39.4. The Morgan fingerprint density at radius 3 is 2.74 bits per heavy atom. The molecule has 0 fully saturated rings. The van der Waals surface area contributed by atoms with Gasteiger partial charge >= 0.3 is 6.18 Å². The second kappa shape index (κ2) is 6.29. The zero-order valence-electron chi connectivity index (χ0n) is 12.3. The molecule has 0 saturated heterocycles. The van der Waals surface area contributed by atoms with Crippen LogP contribution in [-0.2, 0) is 19.1 Å². The van der Waals surface area contributed by atoms with E-state index in [-0.39, 0.29) is 12.6 Å². The normalized spacial score (nSPS) is 19.4. The third-order valence-electron chi connectivity index (χ3n) is 4.03. The first-order valence-corrected chi connectivity index (χ1v) is 7.39. The molecule has 0 bridgehead atoms. The predicted molar refractivity (Wildman–Crippen MR) is 76.5 cm³/mol. The molecule has 0 saturated carbocycles. The monoisotopic (exact) mass is 326 g/mol. The van der Waals surface area contributed by atoms with Crippen molar-refractivity contribution in [3.63, 3.8) is 0 Å². The molecule has 5 nitrogen and oxygen atoms in total. The molecule has 2 atom stereocenters. The van der Waals surface area contributed by atoms with Gasteiger partial charge in [-0.3, -0.25) is 0 Å². The molecule has 2 aromatic rings. The molecule has 1 aromatic carbocycles. The van der Waals surface area contributed by atoms with E-state index in [0.717, 1.165) is 30.8 Å². The van der Waals surface area contributed by atoms with Crippen LogP contribution in [-0.4, -0.2) is 32.5 Å². The SMILES string of the molecule is O[C@@H](CN[C@H]1CCc2ncnn2C1)c1ccc(C(F)(F)F)cc1. The number of fused-ring (bicyclic) bond motifs is 1. The molecule has 23 heavy (non-hydrogen) atoms. The molecule has 2 N–H and O–H groups in total. The minimum absolute atomic E-state index is 0.160. The van der Waals surface area contributed by atoms with E-state index < -0.39 is 17.8 Å². The maximum absolute atomic E-state index is 12.5. The molecule has 1 aliphatic heterocycles. The number of aliphatic hydroxyl groups excluding tert-OH is 1. The van der Waals surface area contributed by atoms with Gasteiger partial charge in [0.05, 0.1) is 18.2 Å². The number of aromatic nitrogens is 3. The van der Waals surface area contributed by atoms with Crippen molar-refractivity contribution in [1.82, 2.24) is 20.1 Å². The molecule has 0 spiro atoms. The molecule has 0 radical (unpaired) electrons. The number of benzene rings is 1. The number of aliphatic hydroxyl groups is 1. The van der Waals surface area contributed by atoms with Crippen molar-refractivity contribution in [3.05, 3.63) is 47.5 Å². The van der Waals surface area contributed by atoms with Crippen molar-refractivity contribution in [1.29, 1.82) is 0 Å². The third kappa shape index (κ3) is 3.70. The van der Waals surface area contributed by atoms with Gasteiger partial charge in [0.1, 0.15) is 12.2 Å². The highest BCUT2D eigenvalue weighted by Crippen LogP contribution is 2.29. The lowest BCUT2D eigenvalue weighted by Crippen LogP contribution is -2.39. The second-order valence-electron chi connectivity index (χ2n) is 5.64. The summed E-state index contributed by atoms with van der Waals surface area (Å²) in [4.78, 5) is 4.14. The van der Waals surface area contributed by atoms with Gasteiger partial charge in [-0.25, -0.2) is 9.67 Å². The van der Waals surface area contributed by atoms with Crippen LogP contribution in [0.15, 0.2) is 30.6 Å². The molecule has 1 aromatic heterocycles. The van der Waals surface area contributed by atoms with Crippen LogP contribution in [0.5, 0.6) is 0 Å². The molecular weight excluding hydrogens is 309 g/mol. The predicted octanol–water partition coefficient (Wildman–Crippen LogP) is 1.93. The van der Waals surface area contributed by atoms with Crippen molar-refractivity contribution < 1.29 is 18.3 Å². The first kappa shape index (κ1) is 15.9. The Bertz CT molecular complexity index is 653. The molecular formula is C15H17F3N4O. The van der Waals surface area contributed by atoms with E-state index in [9.17, 15) is 18.3 Å². The van der Waals surface area contributed by atoms with Gasteiger partial charge in [-0.15, -0.1) is 0 Å². The molecule has 8 heteroatoms. The summed E-state index contributed by atoms with van der Waals surface area (Å²) in [6, 6.07) is 4.76. The van der Waals surface area contributed by atoms with Crippen molar-refractivity contribution in [2.24, 2.45) is 0 Å². The lowest BCUT2D eigenvalue weighted by Gasteiger charge is -2.25. The highest BCUT2D eigenvalue weighted by molar-refractivity contribution is 5.26. The Balaban J connectivity index is 1.54. The van der Waals surface area contributed by atoms with Gasteiger partial charge in [-0.2, -0.15) is 18.3 Å². The van der Waals surface area contributed by atoms with E-state index in [1.807, 2.05) is 4.68 Å². The van der Waals surface area contributed by atoms with Crippen molar-refractivity contribution in [2.75, 3.05) is 6.54 Å². The molecule has 3 rings (SSSR count). The van der Waals surface area contributed by atoms with Crippen LogP contribution in [0.25, 0.3) is 0 Å². The molecule has 0 aliphatic carbocycles. The second-order valence-corrected chi connectivity index (χ2v) is 5.64. The Morgan fingerprint density at radius 1 is 1.30 bits per heavy atom. The van der Waals surface area contributed by atoms with Crippen molar-refractivity contribution >= 4 is 0 Å². The van der Waals surface area contributed by atoms with E-state index in [1.54, 1.807) is 0 Å². The van der Waals surface area contributed by atoms with Crippen LogP contribution in [0.4, 0.5) is 13.2 Å². The van der Waals surface area contributed by atoms with E-state index in [1.165, 1.54) is 18.5 Å². The van der Waals surface area contributed by atoms with Gasteiger partial charge in [0.25, 0.3) is 0 Å². The summed E-state index contributed by atoms with van der Waals surface area (Å²) in [6.45, 7) is 0.953. The standard InChI is InChI=1S/C15H17F3N4O/c16-15(17,18)11-3-1-10(2-4-11)13(23)7-19-12-5-6-14-20-9-21-22(14)8-12/h1-4,9,12-13,19,23H,5-8H2/t12-,13-/m0/s1. The molecule has 1 aliphatic rings. The fraction of sp³-hybridized carbons (Fsp3) is 0.467. The molecule has 2 heterocycles. The number of nitrogens with zero attached hydrogens (tertiary/aromatic N) is 3. The topological polar surface area (TPSA) is 63.0 Å². The van der Waals surface area contributed by atoms with Crippen LogP contribution >= 0.6 is 0 Å². The fourth-order valence-corrected chi connectivity index (χ4v) is 2.69. The zero-order chi connectivity index (χ0) is 16.4. The quantitative estimate of drug-likeness (QED) is 0.901. The zero-order valence-corrected chi connectivity index (χ0v) is 12.3. The first-order valence-electron chi connectivity index (χ1n) is 7.39. The number of halogens is 3. The Morgan fingerprint density at radius 2 is 2.04 bits per heavy atom. The number of nitrogens with one attached hydrogen (secondary N) is 1.